The summed E-state index contributed by atoms with van der Waals surface area (Å²) in [7, 11) is -4.49. The van der Waals surface area contributed by atoms with E-state index in [-0.39, 0.29) is 0 Å². The third kappa shape index (κ3) is 6.12. The first-order chi connectivity index (χ1) is 10.5. The van der Waals surface area contributed by atoms with Crippen LogP contribution in [-0.2, 0) is 15.5 Å². The van der Waals surface area contributed by atoms with Crippen molar-refractivity contribution in [1.82, 2.24) is 0 Å². The van der Waals surface area contributed by atoms with Crippen molar-refractivity contribution >= 4 is 7.82 Å². The molecule has 2 N–H and O–H groups in total. The smallest absolute Gasteiger partial charge is 0.303 e. The van der Waals surface area contributed by atoms with Crippen LogP contribution in [0.15, 0.2) is 60.7 Å². The second kappa shape index (κ2) is 8.25. The van der Waals surface area contributed by atoms with E-state index in [1.165, 1.54) is 5.56 Å². The van der Waals surface area contributed by atoms with E-state index in [2.05, 4.69) is 12.1 Å². The van der Waals surface area contributed by atoms with Crippen LogP contribution in [0.4, 0.5) is 0 Å². The first-order valence-corrected chi connectivity index (χ1v) is 8.90. The summed E-state index contributed by atoms with van der Waals surface area (Å²) in [6.07, 6.45) is 2.77. The Morgan fingerprint density at radius 1 is 0.909 bits per heavy atom. The highest BCUT2D eigenvalue weighted by molar-refractivity contribution is 7.46. The predicted molar refractivity (Wildman–Crippen MR) is 86.3 cm³/mol. The van der Waals surface area contributed by atoms with E-state index < -0.39 is 13.9 Å². The van der Waals surface area contributed by atoms with E-state index >= 15 is 0 Å². The van der Waals surface area contributed by atoms with Crippen molar-refractivity contribution in [2.24, 2.45) is 0 Å². The highest BCUT2D eigenvalue weighted by atomic mass is 31.2. The normalized spacial score (nSPS) is 13.0. The maximum atomic E-state index is 11.1. The molecule has 1 unspecified atom stereocenters. The molecular weight excluding hydrogens is 299 g/mol. The van der Waals surface area contributed by atoms with Crippen LogP contribution >= 0.6 is 7.82 Å². The monoisotopic (exact) mass is 320 g/mol. The van der Waals surface area contributed by atoms with Gasteiger partial charge in [-0.3, -0.25) is 4.52 Å². The van der Waals surface area contributed by atoms with Gasteiger partial charge >= 0.3 is 7.82 Å². The molecule has 0 spiro atoms. The molecule has 0 amide bonds. The summed E-state index contributed by atoms with van der Waals surface area (Å²) in [5.41, 5.74) is 2.07. The van der Waals surface area contributed by atoms with Gasteiger partial charge < -0.3 is 9.79 Å². The van der Waals surface area contributed by atoms with Gasteiger partial charge in [0.05, 0.1) is 6.10 Å². The molecule has 2 rings (SSSR count). The van der Waals surface area contributed by atoms with Crippen molar-refractivity contribution in [3.63, 3.8) is 0 Å². The highest BCUT2D eigenvalue weighted by Gasteiger charge is 2.23. The van der Waals surface area contributed by atoms with Gasteiger partial charge in [-0.1, -0.05) is 67.1 Å². The first-order valence-electron chi connectivity index (χ1n) is 7.37. The second-order valence-electron chi connectivity index (χ2n) is 5.23. The molecule has 0 fully saturated rings. The van der Waals surface area contributed by atoms with Crippen molar-refractivity contribution in [2.75, 3.05) is 0 Å². The number of unbranched alkanes of at least 4 members (excludes halogenated alkanes) is 1. The molecule has 0 aliphatic heterocycles. The van der Waals surface area contributed by atoms with Gasteiger partial charge in [-0.05, 0) is 30.4 Å². The Morgan fingerprint density at radius 2 is 1.50 bits per heavy atom. The Morgan fingerprint density at radius 3 is 2.09 bits per heavy atom. The molecule has 2 aromatic rings. The van der Waals surface area contributed by atoms with Crippen LogP contribution in [0.3, 0.4) is 0 Å². The van der Waals surface area contributed by atoms with Crippen LogP contribution in [-0.4, -0.2) is 9.79 Å². The van der Waals surface area contributed by atoms with Gasteiger partial charge in [-0.15, -0.1) is 0 Å². The van der Waals surface area contributed by atoms with Crippen molar-refractivity contribution in [2.45, 2.75) is 31.8 Å². The van der Waals surface area contributed by atoms with E-state index in [4.69, 9.17) is 14.3 Å². The third-order valence-electron chi connectivity index (χ3n) is 3.46. The number of benzene rings is 2. The highest BCUT2D eigenvalue weighted by Crippen LogP contribution is 2.43. The van der Waals surface area contributed by atoms with Gasteiger partial charge in [-0.25, -0.2) is 4.57 Å². The summed E-state index contributed by atoms with van der Waals surface area (Å²) < 4.78 is 16.1. The molecule has 1 atom stereocenters. The lowest BCUT2D eigenvalue weighted by Crippen LogP contribution is -2.03. The molecule has 0 saturated heterocycles. The maximum Gasteiger partial charge on any atom is 0.470 e. The quantitative estimate of drug-likeness (QED) is 0.563. The molecule has 5 heteroatoms. The molecule has 0 aliphatic carbocycles. The van der Waals surface area contributed by atoms with Crippen molar-refractivity contribution in [1.29, 1.82) is 0 Å². The van der Waals surface area contributed by atoms with Crippen LogP contribution in [0.25, 0.3) is 0 Å². The minimum atomic E-state index is -4.49. The topological polar surface area (TPSA) is 66.8 Å². The second-order valence-corrected chi connectivity index (χ2v) is 6.42. The van der Waals surface area contributed by atoms with Crippen LogP contribution in [0, 0.1) is 0 Å². The number of hydrogen-bond acceptors (Lipinski definition) is 2. The maximum absolute atomic E-state index is 11.1. The predicted octanol–water partition coefficient (Wildman–Crippen LogP) is 4.25. The molecule has 0 saturated carbocycles. The SMILES string of the molecule is O=P(O)(O)OC(CCCCc1ccccc1)c1ccccc1. The van der Waals surface area contributed by atoms with Gasteiger partial charge in [0.15, 0.2) is 0 Å². The fraction of sp³-hybridized carbons (Fsp3) is 0.294. The molecule has 0 radical (unpaired) electrons. The molecule has 0 aliphatic rings. The summed E-state index contributed by atoms with van der Waals surface area (Å²) in [6, 6.07) is 19.4. The summed E-state index contributed by atoms with van der Waals surface area (Å²) in [4.78, 5) is 18.1. The van der Waals surface area contributed by atoms with E-state index in [1.807, 2.05) is 48.5 Å². The molecule has 0 bridgehead atoms. The average molecular weight is 320 g/mol. The van der Waals surface area contributed by atoms with Crippen molar-refractivity contribution < 1.29 is 18.9 Å². The Bertz CT molecular complexity index is 595. The molecule has 2 aromatic carbocycles. The number of phosphoric ester groups is 1. The zero-order valence-corrected chi connectivity index (χ0v) is 13.2. The lowest BCUT2D eigenvalue weighted by atomic mass is 10.0. The standard InChI is InChI=1S/C17H21O4P/c18-22(19,20)21-17(16-12-5-2-6-13-16)14-8-7-11-15-9-3-1-4-10-15/h1-6,9-10,12-13,17H,7-8,11,14H2,(H2,18,19,20). The lowest BCUT2D eigenvalue weighted by Gasteiger charge is -2.18. The molecule has 22 heavy (non-hydrogen) atoms. The Hall–Kier alpha value is -1.45. The largest absolute Gasteiger partial charge is 0.470 e. The lowest BCUT2D eigenvalue weighted by molar-refractivity contribution is 0.125. The van der Waals surface area contributed by atoms with Crippen molar-refractivity contribution in [3.05, 3.63) is 71.8 Å². The van der Waals surface area contributed by atoms with Gasteiger partial charge in [0, 0.05) is 0 Å². The Kier molecular flexibility index (Phi) is 6.34. The number of rotatable bonds is 8. The summed E-state index contributed by atoms with van der Waals surface area (Å²) >= 11 is 0. The van der Waals surface area contributed by atoms with Crippen LogP contribution in [0.1, 0.15) is 36.5 Å². The van der Waals surface area contributed by atoms with Crippen LogP contribution in [0.5, 0.6) is 0 Å². The Balaban J connectivity index is 1.88. The van der Waals surface area contributed by atoms with E-state index in [0.29, 0.717) is 6.42 Å². The minimum Gasteiger partial charge on any atom is -0.303 e. The fourth-order valence-electron chi connectivity index (χ4n) is 2.42. The van der Waals surface area contributed by atoms with Crippen LogP contribution in [0.2, 0.25) is 0 Å². The van der Waals surface area contributed by atoms with E-state index in [9.17, 15) is 4.57 Å². The van der Waals surface area contributed by atoms with Gasteiger partial charge in [-0.2, -0.15) is 0 Å². The zero-order chi connectivity index (χ0) is 15.8. The summed E-state index contributed by atoms with van der Waals surface area (Å²) in [5, 5.41) is 0. The minimum absolute atomic E-state index is 0.571. The number of aryl methyl sites for hydroxylation is 1. The molecule has 0 aromatic heterocycles. The number of phosphoric acid groups is 1. The molecule has 0 heterocycles. The summed E-state index contributed by atoms with van der Waals surface area (Å²) in [5.74, 6) is 0. The first kappa shape index (κ1) is 16.9. The third-order valence-corrected chi connectivity index (χ3v) is 3.99. The fourth-order valence-corrected chi connectivity index (χ4v) is 2.98. The van der Waals surface area contributed by atoms with Gasteiger partial charge in [0.1, 0.15) is 0 Å². The van der Waals surface area contributed by atoms with Gasteiger partial charge in [0.25, 0.3) is 0 Å². The Labute approximate surface area is 131 Å². The summed E-state index contributed by atoms with van der Waals surface area (Å²) in [6.45, 7) is 0. The average Bonchev–Trinajstić information content (AvgIpc) is 2.51. The number of hydrogen-bond donors (Lipinski definition) is 2. The zero-order valence-electron chi connectivity index (χ0n) is 12.3. The van der Waals surface area contributed by atoms with E-state index in [0.717, 1.165) is 24.8 Å². The molecule has 118 valence electrons. The van der Waals surface area contributed by atoms with Crippen molar-refractivity contribution in [3.8, 4) is 0 Å². The molecular formula is C17H21O4P. The molecule has 4 nitrogen and oxygen atoms in total. The van der Waals surface area contributed by atoms with Crippen LogP contribution < -0.4 is 0 Å². The van der Waals surface area contributed by atoms with E-state index in [1.54, 1.807) is 0 Å². The van der Waals surface area contributed by atoms with Gasteiger partial charge in [0.2, 0.25) is 0 Å².